The van der Waals surface area contributed by atoms with Gasteiger partial charge in [0.15, 0.2) is 6.73 Å². The van der Waals surface area contributed by atoms with Crippen LogP contribution in [-0.2, 0) is 15.7 Å². The van der Waals surface area contributed by atoms with Gasteiger partial charge in [-0.3, -0.25) is 9.59 Å². The second kappa shape index (κ2) is 5.63. The van der Waals surface area contributed by atoms with E-state index in [4.69, 9.17) is 9.47 Å². The molecular weight excluding hydrogens is 291 g/mol. The summed E-state index contributed by atoms with van der Waals surface area (Å²) >= 11 is 0. The molecule has 1 amide bonds. The molecular formula is C13H12F3NO4. The predicted molar refractivity (Wildman–Crippen MR) is 64.6 cm³/mol. The molecule has 0 saturated carbocycles. The molecule has 0 saturated heterocycles. The number of esters is 1. The van der Waals surface area contributed by atoms with Gasteiger partial charge in [0.2, 0.25) is 0 Å². The number of benzene rings is 1. The number of hydrogen-bond acceptors (Lipinski definition) is 4. The lowest BCUT2D eigenvalue weighted by atomic mass is 10.1. The number of nitrogens with zero attached hydrogens (tertiary/aromatic N) is 1. The molecule has 0 fully saturated rings. The quantitative estimate of drug-likeness (QED) is 0.802. The lowest BCUT2D eigenvalue weighted by molar-refractivity contribution is -0.141. The van der Waals surface area contributed by atoms with Crippen LogP contribution in [0.15, 0.2) is 18.2 Å². The van der Waals surface area contributed by atoms with E-state index >= 15 is 0 Å². The molecule has 2 rings (SSSR count). The molecule has 0 N–H and O–H groups in total. The van der Waals surface area contributed by atoms with Crippen LogP contribution in [0, 0.1) is 0 Å². The van der Waals surface area contributed by atoms with Crippen molar-refractivity contribution in [1.29, 1.82) is 0 Å². The highest BCUT2D eigenvalue weighted by molar-refractivity contribution is 5.97. The molecule has 0 unspecified atom stereocenters. The number of rotatable bonds is 3. The van der Waals surface area contributed by atoms with Crippen LogP contribution in [0.25, 0.3) is 0 Å². The van der Waals surface area contributed by atoms with E-state index in [1.165, 1.54) is 11.8 Å². The minimum atomic E-state index is -4.49. The Morgan fingerprint density at radius 1 is 1.43 bits per heavy atom. The zero-order valence-corrected chi connectivity index (χ0v) is 11.1. The van der Waals surface area contributed by atoms with Crippen molar-refractivity contribution in [3.63, 3.8) is 0 Å². The molecule has 1 aliphatic rings. The van der Waals surface area contributed by atoms with E-state index in [0.717, 1.165) is 18.2 Å². The third-order valence-electron chi connectivity index (χ3n) is 2.87. The zero-order valence-electron chi connectivity index (χ0n) is 11.1. The fraction of sp³-hybridized carbons (Fsp3) is 0.385. The lowest BCUT2D eigenvalue weighted by Crippen LogP contribution is -2.40. The van der Waals surface area contributed by atoms with Crippen LogP contribution in [0.5, 0.6) is 5.75 Å². The number of ether oxygens (including phenoxy) is 2. The van der Waals surface area contributed by atoms with Crippen LogP contribution in [0.4, 0.5) is 13.2 Å². The third kappa shape index (κ3) is 3.45. The molecule has 0 atom stereocenters. The maximum absolute atomic E-state index is 12.6. The highest BCUT2D eigenvalue weighted by Gasteiger charge is 2.33. The summed E-state index contributed by atoms with van der Waals surface area (Å²) in [6, 6.07) is 2.71. The molecule has 1 aromatic carbocycles. The lowest BCUT2D eigenvalue weighted by Gasteiger charge is -2.28. The number of halogens is 3. The van der Waals surface area contributed by atoms with Crippen LogP contribution in [0.3, 0.4) is 0 Å². The zero-order chi connectivity index (χ0) is 15.6. The first-order valence-corrected chi connectivity index (χ1v) is 6.05. The van der Waals surface area contributed by atoms with Crippen LogP contribution < -0.4 is 4.74 Å². The summed E-state index contributed by atoms with van der Waals surface area (Å²) in [6.07, 6.45) is -4.49. The van der Waals surface area contributed by atoms with Gasteiger partial charge < -0.3 is 14.4 Å². The van der Waals surface area contributed by atoms with Crippen LogP contribution in [0.2, 0.25) is 0 Å². The molecule has 114 valence electrons. The Labute approximate surface area is 118 Å². The summed E-state index contributed by atoms with van der Waals surface area (Å²) in [5.41, 5.74) is -0.820. The maximum Gasteiger partial charge on any atom is 0.416 e. The smallest absolute Gasteiger partial charge is 0.416 e. The van der Waals surface area contributed by atoms with Gasteiger partial charge in [-0.2, -0.15) is 13.2 Å². The van der Waals surface area contributed by atoms with Crippen molar-refractivity contribution in [2.24, 2.45) is 0 Å². The highest BCUT2D eigenvalue weighted by Crippen LogP contribution is 2.34. The second-order valence-corrected chi connectivity index (χ2v) is 4.39. The van der Waals surface area contributed by atoms with Crippen molar-refractivity contribution < 1.29 is 32.2 Å². The average molecular weight is 303 g/mol. The van der Waals surface area contributed by atoms with Gasteiger partial charge in [-0.1, -0.05) is 0 Å². The molecule has 0 radical (unpaired) electrons. The molecule has 1 heterocycles. The molecule has 5 nitrogen and oxygen atoms in total. The minimum Gasteiger partial charge on any atom is -0.472 e. The van der Waals surface area contributed by atoms with E-state index in [0.29, 0.717) is 0 Å². The van der Waals surface area contributed by atoms with E-state index in [-0.39, 0.29) is 31.2 Å². The minimum absolute atomic E-state index is 0.000398. The predicted octanol–water partition coefficient (Wildman–Crippen LogP) is 2.06. The monoisotopic (exact) mass is 303 g/mol. The van der Waals surface area contributed by atoms with E-state index in [2.05, 4.69) is 0 Å². The van der Waals surface area contributed by atoms with Crippen molar-refractivity contribution in [1.82, 2.24) is 4.90 Å². The van der Waals surface area contributed by atoms with Gasteiger partial charge in [-0.25, -0.2) is 0 Å². The Morgan fingerprint density at radius 3 is 2.76 bits per heavy atom. The second-order valence-electron chi connectivity index (χ2n) is 4.39. The Hall–Kier alpha value is -2.25. The highest BCUT2D eigenvalue weighted by atomic mass is 19.4. The maximum atomic E-state index is 12.6. The van der Waals surface area contributed by atoms with Gasteiger partial charge in [0, 0.05) is 6.92 Å². The molecule has 21 heavy (non-hydrogen) atoms. The molecule has 1 aromatic rings. The number of carbonyl (C=O) groups excluding carboxylic acids is 2. The number of amides is 1. The summed E-state index contributed by atoms with van der Waals surface area (Å²) in [5.74, 6) is -1.04. The van der Waals surface area contributed by atoms with E-state index in [1.54, 1.807) is 0 Å². The standard InChI is InChI=1S/C13H12F3NO4/c1-8(18)20-5-4-17-7-21-11-6-9(13(14,15)16)2-3-10(11)12(17)19/h2-3,6H,4-5,7H2,1H3. The summed E-state index contributed by atoms with van der Waals surface area (Å²) < 4.78 is 47.6. The van der Waals surface area contributed by atoms with Crippen molar-refractivity contribution in [2.75, 3.05) is 19.9 Å². The van der Waals surface area contributed by atoms with Crippen molar-refractivity contribution in [3.05, 3.63) is 29.3 Å². The average Bonchev–Trinajstić information content (AvgIpc) is 2.39. The van der Waals surface area contributed by atoms with E-state index < -0.39 is 23.6 Å². The number of fused-ring (bicyclic) bond motifs is 1. The van der Waals surface area contributed by atoms with Gasteiger partial charge in [0.05, 0.1) is 17.7 Å². The molecule has 8 heteroatoms. The van der Waals surface area contributed by atoms with E-state index in [9.17, 15) is 22.8 Å². The van der Waals surface area contributed by atoms with Crippen molar-refractivity contribution in [3.8, 4) is 5.75 Å². The normalized spacial score (nSPS) is 14.5. The fourth-order valence-corrected chi connectivity index (χ4v) is 1.84. The van der Waals surface area contributed by atoms with Gasteiger partial charge in [0.25, 0.3) is 5.91 Å². The number of hydrogen-bond donors (Lipinski definition) is 0. The SMILES string of the molecule is CC(=O)OCCN1COc2cc(C(F)(F)F)ccc2C1=O. The topological polar surface area (TPSA) is 55.8 Å². The first-order chi connectivity index (χ1) is 9.79. The van der Waals surface area contributed by atoms with Gasteiger partial charge in [-0.05, 0) is 18.2 Å². The Kier molecular flexibility index (Phi) is 4.06. The summed E-state index contributed by atoms with van der Waals surface area (Å²) in [4.78, 5) is 24.0. The van der Waals surface area contributed by atoms with Gasteiger partial charge in [-0.15, -0.1) is 0 Å². The van der Waals surface area contributed by atoms with Gasteiger partial charge in [0.1, 0.15) is 12.4 Å². The molecule has 0 aromatic heterocycles. The Balaban J connectivity index is 2.12. The van der Waals surface area contributed by atoms with Crippen LogP contribution in [-0.4, -0.2) is 36.7 Å². The summed E-state index contributed by atoms with van der Waals surface area (Å²) in [5, 5.41) is 0. The van der Waals surface area contributed by atoms with Crippen molar-refractivity contribution >= 4 is 11.9 Å². The number of alkyl halides is 3. The summed E-state index contributed by atoms with van der Waals surface area (Å²) in [6.45, 7) is 1.16. The Morgan fingerprint density at radius 2 is 2.14 bits per heavy atom. The Bertz CT molecular complexity index is 571. The van der Waals surface area contributed by atoms with E-state index in [1.807, 2.05) is 0 Å². The van der Waals surface area contributed by atoms with Crippen molar-refractivity contribution in [2.45, 2.75) is 13.1 Å². The first kappa shape index (κ1) is 15.1. The molecule has 0 spiro atoms. The van der Waals surface area contributed by atoms with Crippen LogP contribution in [0.1, 0.15) is 22.8 Å². The summed E-state index contributed by atoms with van der Waals surface area (Å²) in [7, 11) is 0. The first-order valence-electron chi connectivity index (χ1n) is 6.05. The van der Waals surface area contributed by atoms with Crippen LogP contribution >= 0.6 is 0 Å². The molecule has 1 aliphatic heterocycles. The largest absolute Gasteiger partial charge is 0.472 e. The molecule has 0 aliphatic carbocycles. The molecule has 0 bridgehead atoms. The third-order valence-corrected chi connectivity index (χ3v) is 2.87. The number of carbonyl (C=O) groups is 2. The fourth-order valence-electron chi connectivity index (χ4n) is 1.84. The van der Waals surface area contributed by atoms with Gasteiger partial charge >= 0.3 is 12.1 Å².